The molecule has 0 aliphatic heterocycles. The van der Waals surface area contributed by atoms with Crippen LogP contribution in [0, 0.1) is 0 Å². The van der Waals surface area contributed by atoms with E-state index in [2.05, 4.69) is 20.7 Å². The number of carbonyl (C=O) groups excluding carboxylic acids is 1. The van der Waals surface area contributed by atoms with Gasteiger partial charge in [-0.15, -0.1) is 0 Å². The molecule has 6 nitrogen and oxygen atoms in total. The van der Waals surface area contributed by atoms with Crippen LogP contribution in [-0.4, -0.2) is 22.3 Å². The highest BCUT2D eigenvalue weighted by molar-refractivity contribution is 6.36. The van der Waals surface area contributed by atoms with Gasteiger partial charge in [0.05, 0.1) is 16.9 Å². The number of carbonyl (C=O) groups is 1. The minimum absolute atomic E-state index is 0.247. The fraction of sp³-hybridized carbons (Fsp3) is 0.0417. The van der Waals surface area contributed by atoms with E-state index in [1.54, 1.807) is 24.3 Å². The number of nitrogens with zero attached hydrogens (tertiary/aromatic N) is 2. The van der Waals surface area contributed by atoms with Gasteiger partial charge in [-0.1, -0.05) is 65.1 Å². The first-order chi connectivity index (χ1) is 16.0. The van der Waals surface area contributed by atoms with Crippen molar-refractivity contribution in [2.45, 2.75) is 6.61 Å². The zero-order chi connectivity index (χ0) is 23.2. The molecular weight excluding hydrogens is 483 g/mol. The molecule has 3 aromatic carbocycles. The van der Waals surface area contributed by atoms with Gasteiger partial charge in [0.2, 0.25) is 0 Å². The van der Waals surface area contributed by atoms with Gasteiger partial charge >= 0.3 is 0 Å². The number of hydrogen-bond acceptors (Lipinski definition) is 4. The average molecular weight is 500 g/mol. The molecule has 0 saturated heterocycles. The minimum Gasteiger partial charge on any atom is -0.488 e. The Kier molecular flexibility index (Phi) is 7.29. The maximum Gasteiger partial charge on any atom is 0.289 e. The number of hydrazone groups is 1. The monoisotopic (exact) mass is 498 g/mol. The van der Waals surface area contributed by atoms with Gasteiger partial charge in [0.15, 0.2) is 0 Å². The highest BCUT2D eigenvalue weighted by Gasteiger charge is 2.14. The van der Waals surface area contributed by atoms with E-state index < -0.39 is 5.91 Å². The smallest absolute Gasteiger partial charge is 0.289 e. The number of H-pyrrole nitrogens is 1. The third-order valence-electron chi connectivity index (χ3n) is 4.63. The van der Waals surface area contributed by atoms with E-state index in [0.29, 0.717) is 38.7 Å². The summed E-state index contributed by atoms with van der Waals surface area (Å²) in [5.41, 5.74) is 5.61. The number of benzene rings is 3. The van der Waals surface area contributed by atoms with Crippen molar-refractivity contribution in [3.05, 3.63) is 105 Å². The normalized spacial score (nSPS) is 11.0. The molecule has 1 amide bonds. The van der Waals surface area contributed by atoms with E-state index in [1.165, 1.54) is 6.21 Å². The summed E-state index contributed by atoms with van der Waals surface area (Å²) in [5, 5.41) is 12.5. The summed E-state index contributed by atoms with van der Waals surface area (Å²) in [5.74, 6) is 0.191. The lowest BCUT2D eigenvalue weighted by atomic mass is 10.1. The molecule has 166 valence electrons. The van der Waals surface area contributed by atoms with E-state index in [4.69, 9.17) is 39.5 Å². The van der Waals surface area contributed by atoms with Crippen LogP contribution < -0.4 is 10.2 Å². The first-order valence-corrected chi connectivity index (χ1v) is 10.9. The van der Waals surface area contributed by atoms with Crippen molar-refractivity contribution < 1.29 is 9.53 Å². The molecule has 0 unspecified atom stereocenters. The van der Waals surface area contributed by atoms with Gasteiger partial charge < -0.3 is 4.74 Å². The molecule has 33 heavy (non-hydrogen) atoms. The van der Waals surface area contributed by atoms with Crippen molar-refractivity contribution >= 4 is 46.9 Å². The maximum atomic E-state index is 12.4. The summed E-state index contributed by atoms with van der Waals surface area (Å²) >= 11 is 17.9. The van der Waals surface area contributed by atoms with Gasteiger partial charge in [-0.05, 0) is 48.0 Å². The van der Waals surface area contributed by atoms with Crippen molar-refractivity contribution in [1.82, 2.24) is 15.6 Å². The number of aromatic amines is 1. The third kappa shape index (κ3) is 5.93. The molecule has 4 aromatic rings. The predicted molar refractivity (Wildman–Crippen MR) is 131 cm³/mol. The molecule has 9 heteroatoms. The van der Waals surface area contributed by atoms with Crippen LogP contribution in [0.3, 0.4) is 0 Å². The standard InChI is InChI=1S/C24H17Cl3N4O2/c25-17-8-5-15(6-9-17)14-33-23-4-2-1-3-19(23)21-12-22(30-29-21)24(32)31-28-13-16-7-10-18(26)11-20(16)27/h1-13H,14H2,(H,29,30)(H,31,32)/b28-13+. The van der Waals surface area contributed by atoms with E-state index >= 15 is 0 Å². The minimum atomic E-state index is -0.449. The van der Waals surface area contributed by atoms with Crippen LogP contribution in [0.1, 0.15) is 21.6 Å². The Morgan fingerprint density at radius 1 is 1.00 bits per heavy atom. The van der Waals surface area contributed by atoms with Crippen LogP contribution in [-0.2, 0) is 6.61 Å². The summed E-state index contributed by atoms with van der Waals surface area (Å²) in [7, 11) is 0. The quantitative estimate of drug-likeness (QED) is 0.229. The average Bonchev–Trinajstić information content (AvgIpc) is 3.30. The molecule has 0 bridgehead atoms. The second kappa shape index (κ2) is 10.5. The number of para-hydroxylation sites is 1. The van der Waals surface area contributed by atoms with Crippen molar-refractivity contribution in [3.63, 3.8) is 0 Å². The number of nitrogens with one attached hydrogen (secondary N) is 2. The summed E-state index contributed by atoms with van der Waals surface area (Å²) in [6, 6.07) is 21.5. The zero-order valence-corrected chi connectivity index (χ0v) is 19.3. The Balaban J connectivity index is 1.44. The van der Waals surface area contributed by atoms with Gasteiger partial charge in [0, 0.05) is 21.2 Å². The van der Waals surface area contributed by atoms with Crippen LogP contribution in [0.25, 0.3) is 11.3 Å². The number of amides is 1. The SMILES string of the molecule is O=C(N/N=C/c1ccc(Cl)cc1Cl)c1cc(-c2ccccc2OCc2ccc(Cl)cc2)n[nH]1. The van der Waals surface area contributed by atoms with Gasteiger partial charge in [-0.2, -0.15) is 10.2 Å². The first kappa shape index (κ1) is 22.9. The number of aromatic nitrogens is 2. The highest BCUT2D eigenvalue weighted by Crippen LogP contribution is 2.29. The highest BCUT2D eigenvalue weighted by atomic mass is 35.5. The first-order valence-electron chi connectivity index (χ1n) is 9.80. The van der Waals surface area contributed by atoms with Crippen LogP contribution >= 0.6 is 34.8 Å². The van der Waals surface area contributed by atoms with Crippen molar-refractivity contribution in [2.75, 3.05) is 0 Å². The molecule has 0 aliphatic rings. The third-order valence-corrected chi connectivity index (χ3v) is 5.44. The Morgan fingerprint density at radius 3 is 2.55 bits per heavy atom. The fourth-order valence-corrected chi connectivity index (χ4v) is 3.53. The zero-order valence-electron chi connectivity index (χ0n) is 17.1. The molecule has 0 fully saturated rings. The Morgan fingerprint density at radius 2 is 1.76 bits per heavy atom. The van der Waals surface area contributed by atoms with Crippen molar-refractivity contribution in [1.29, 1.82) is 0 Å². The van der Waals surface area contributed by atoms with Gasteiger partial charge in [-0.3, -0.25) is 9.89 Å². The molecule has 2 N–H and O–H groups in total. The van der Waals surface area contributed by atoms with Crippen LogP contribution in [0.4, 0.5) is 0 Å². The summed E-state index contributed by atoms with van der Waals surface area (Å²) in [6.07, 6.45) is 1.44. The molecule has 1 aromatic heterocycles. The predicted octanol–water partition coefficient (Wildman–Crippen LogP) is 6.38. The van der Waals surface area contributed by atoms with Crippen molar-refractivity contribution in [2.24, 2.45) is 5.10 Å². The molecule has 0 atom stereocenters. The van der Waals surface area contributed by atoms with Crippen LogP contribution in [0.5, 0.6) is 5.75 Å². The molecule has 0 radical (unpaired) electrons. The number of halogens is 3. The molecular formula is C24H17Cl3N4O2. The molecule has 0 spiro atoms. The Labute approximate surface area is 205 Å². The maximum absolute atomic E-state index is 12.4. The van der Waals surface area contributed by atoms with Gasteiger partial charge in [-0.25, -0.2) is 5.43 Å². The Bertz CT molecular complexity index is 1300. The van der Waals surface area contributed by atoms with Gasteiger partial charge in [0.1, 0.15) is 18.1 Å². The largest absolute Gasteiger partial charge is 0.488 e. The van der Waals surface area contributed by atoms with Gasteiger partial charge in [0.25, 0.3) is 5.91 Å². The lowest BCUT2D eigenvalue weighted by Crippen LogP contribution is -2.18. The second-order valence-electron chi connectivity index (χ2n) is 6.94. The topological polar surface area (TPSA) is 79.4 Å². The van der Waals surface area contributed by atoms with Crippen LogP contribution in [0.2, 0.25) is 15.1 Å². The number of rotatable bonds is 7. The molecule has 4 rings (SSSR count). The van der Waals surface area contributed by atoms with Crippen molar-refractivity contribution in [3.8, 4) is 17.0 Å². The number of hydrogen-bond donors (Lipinski definition) is 2. The second-order valence-corrected chi connectivity index (χ2v) is 8.22. The number of ether oxygens (including phenoxy) is 1. The molecule has 0 saturated carbocycles. The molecule has 0 aliphatic carbocycles. The lowest BCUT2D eigenvalue weighted by molar-refractivity contribution is 0.0950. The summed E-state index contributed by atoms with van der Waals surface area (Å²) < 4.78 is 5.98. The Hall–Kier alpha value is -3.32. The lowest BCUT2D eigenvalue weighted by Gasteiger charge is -2.10. The van der Waals surface area contributed by atoms with E-state index in [0.717, 1.165) is 11.1 Å². The van der Waals surface area contributed by atoms with E-state index in [-0.39, 0.29) is 5.69 Å². The summed E-state index contributed by atoms with van der Waals surface area (Å²) in [4.78, 5) is 12.4. The molecule has 1 heterocycles. The van der Waals surface area contributed by atoms with E-state index in [1.807, 2.05) is 48.5 Å². The van der Waals surface area contributed by atoms with Crippen LogP contribution in [0.15, 0.2) is 77.9 Å². The summed E-state index contributed by atoms with van der Waals surface area (Å²) in [6.45, 7) is 0.369. The van der Waals surface area contributed by atoms with E-state index in [9.17, 15) is 4.79 Å². The fourth-order valence-electron chi connectivity index (χ4n) is 2.95.